The Hall–Kier alpha value is -2.48. The number of urea groups is 1. The number of nitrogens with one attached hydrogen (secondary N) is 1. The predicted octanol–water partition coefficient (Wildman–Crippen LogP) is 2.82. The van der Waals surface area contributed by atoms with E-state index >= 15 is 0 Å². The Balaban J connectivity index is 1.25. The molecule has 0 aromatic heterocycles. The van der Waals surface area contributed by atoms with Crippen molar-refractivity contribution in [1.29, 1.82) is 0 Å². The van der Waals surface area contributed by atoms with Gasteiger partial charge in [-0.05, 0) is 49.8 Å². The highest BCUT2D eigenvalue weighted by molar-refractivity contribution is 5.75. The van der Waals surface area contributed by atoms with Crippen molar-refractivity contribution in [2.45, 2.75) is 44.7 Å². The van der Waals surface area contributed by atoms with Gasteiger partial charge in [-0.25, -0.2) is 9.59 Å². The van der Waals surface area contributed by atoms with E-state index in [4.69, 9.17) is 9.47 Å². The summed E-state index contributed by atoms with van der Waals surface area (Å²) >= 11 is 0. The Morgan fingerprint density at radius 1 is 0.968 bits per heavy atom. The summed E-state index contributed by atoms with van der Waals surface area (Å²) in [6.45, 7) is 6.37. The van der Waals surface area contributed by atoms with Gasteiger partial charge in [0.05, 0.1) is 19.3 Å². The van der Waals surface area contributed by atoms with Crippen LogP contribution in [-0.2, 0) is 16.0 Å². The quantitative estimate of drug-likeness (QED) is 0.778. The molecular formula is C23H34N4O4. The second-order valence-electron chi connectivity index (χ2n) is 8.54. The number of likely N-dealkylation sites (tertiary alicyclic amines) is 2. The van der Waals surface area contributed by atoms with Crippen molar-refractivity contribution < 1.29 is 19.1 Å². The molecule has 170 valence electrons. The Morgan fingerprint density at radius 3 is 2.42 bits per heavy atom. The van der Waals surface area contributed by atoms with Crippen LogP contribution < -0.4 is 10.2 Å². The van der Waals surface area contributed by atoms with Gasteiger partial charge in [0.25, 0.3) is 0 Å². The number of rotatable bonds is 5. The van der Waals surface area contributed by atoms with E-state index in [-0.39, 0.29) is 24.8 Å². The maximum atomic E-state index is 12.8. The monoisotopic (exact) mass is 430 g/mol. The van der Waals surface area contributed by atoms with Gasteiger partial charge in [-0.15, -0.1) is 0 Å². The molecule has 3 fully saturated rings. The average Bonchev–Trinajstić information content (AvgIpc) is 3.37. The molecule has 0 radical (unpaired) electrons. The highest BCUT2D eigenvalue weighted by Crippen LogP contribution is 2.20. The Kier molecular flexibility index (Phi) is 7.51. The van der Waals surface area contributed by atoms with Crippen LogP contribution in [0.2, 0.25) is 0 Å². The van der Waals surface area contributed by atoms with Crippen LogP contribution in [0.15, 0.2) is 24.3 Å². The van der Waals surface area contributed by atoms with Crippen LogP contribution in [0, 0.1) is 0 Å². The van der Waals surface area contributed by atoms with Crippen molar-refractivity contribution in [2.24, 2.45) is 0 Å². The lowest BCUT2D eigenvalue weighted by molar-refractivity contribution is 0.0654. The fraction of sp³-hybridized carbons (Fsp3) is 0.652. The summed E-state index contributed by atoms with van der Waals surface area (Å²) in [5.41, 5.74) is 2.26. The molecule has 8 nitrogen and oxygen atoms in total. The summed E-state index contributed by atoms with van der Waals surface area (Å²) in [4.78, 5) is 30.9. The number of morpholine rings is 1. The Morgan fingerprint density at radius 2 is 1.68 bits per heavy atom. The number of hydrogen-bond donors (Lipinski definition) is 1. The number of benzene rings is 1. The van der Waals surface area contributed by atoms with E-state index in [1.807, 2.05) is 4.90 Å². The molecule has 1 N–H and O–H groups in total. The standard InChI is InChI=1S/C23H34N4O4/c28-22(24-17-19-6-8-20(9-7-19)25-13-15-30-16-14-25)27-12-2-1-5-21(27)18-31-23(29)26-10-3-4-11-26/h6-9,21H,1-5,10-18H2,(H,24,28). The second kappa shape index (κ2) is 10.7. The van der Waals surface area contributed by atoms with Crippen LogP contribution in [0.3, 0.4) is 0 Å². The lowest BCUT2D eigenvalue weighted by Crippen LogP contribution is -2.50. The molecule has 0 spiro atoms. The number of nitrogens with zero attached hydrogens (tertiary/aromatic N) is 3. The van der Waals surface area contributed by atoms with Gasteiger partial charge in [0.2, 0.25) is 0 Å². The topological polar surface area (TPSA) is 74.3 Å². The van der Waals surface area contributed by atoms with Crippen LogP contribution in [-0.4, -0.2) is 80.5 Å². The summed E-state index contributed by atoms with van der Waals surface area (Å²) in [6, 6.07) is 8.21. The van der Waals surface area contributed by atoms with Crippen LogP contribution in [0.5, 0.6) is 0 Å². The maximum absolute atomic E-state index is 12.8. The molecular weight excluding hydrogens is 396 g/mol. The van der Waals surface area contributed by atoms with E-state index in [9.17, 15) is 9.59 Å². The van der Waals surface area contributed by atoms with Gasteiger partial charge in [0.1, 0.15) is 6.61 Å². The van der Waals surface area contributed by atoms with Crippen molar-refractivity contribution in [1.82, 2.24) is 15.1 Å². The zero-order valence-electron chi connectivity index (χ0n) is 18.3. The first kappa shape index (κ1) is 21.7. The highest BCUT2D eigenvalue weighted by atomic mass is 16.6. The van der Waals surface area contributed by atoms with E-state index in [0.29, 0.717) is 13.1 Å². The highest BCUT2D eigenvalue weighted by Gasteiger charge is 2.29. The lowest BCUT2D eigenvalue weighted by atomic mass is 10.0. The molecule has 1 atom stereocenters. The fourth-order valence-electron chi connectivity index (χ4n) is 4.53. The van der Waals surface area contributed by atoms with E-state index in [2.05, 4.69) is 34.5 Å². The van der Waals surface area contributed by atoms with Crippen molar-refractivity contribution in [3.8, 4) is 0 Å². The number of ether oxygens (including phenoxy) is 2. The first-order chi connectivity index (χ1) is 15.2. The summed E-state index contributed by atoms with van der Waals surface area (Å²) in [5, 5.41) is 3.04. The summed E-state index contributed by atoms with van der Waals surface area (Å²) < 4.78 is 10.9. The number of anilines is 1. The molecule has 3 aliphatic heterocycles. The van der Waals surface area contributed by atoms with E-state index < -0.39 is 0 Å². The molecule has 8 heteroatoms. The van der Waals surface area contributed by atoms with Crippen molar-refractivity contribution in [3.63, 3.8) is 0 Å². The van der Waals surface area contributed by atoms with Crippen LogP contribution in [0.4, 0.5) is 15.3 Å². The minimum absolute atomic E-state index is 0.0519. The Labute approximate surface area is 184 Å². The van der Waals surface area contributed by atoms with Crippen LogP contribution >= 0.6 is 0 Å². The van der Waals surface area contributed by atoms with Crippen molar-refractivity contribution in [2.75, 3.05) is 57.4 Å². The smallest absolute Gasteiger partial charge is 0.409 e. The van der Waals surface area contributed by atoms with Gasteiger partial charge in [-0.1, -0.05) is 12.1 Å². The molecule has 3 amide bonds. The van der Waals surface area contributed by atoms with Crippen molar-refractivity contribution in [3.05, 3.63) is 29.8 Å². The summed E-state index contributed by atoms with van der Waals surface area (Å²) in [5.74, 6) is 0. The van der Waals surface area contributed by atoms with E-state index in [1.54, 1.807) is 4.90 Å². The number of piperidine rings is 1. The summed E-state index contributed by atoms with van der Waals surface area (Å²) in [6.07, 6.45) is 4.75. The normalized spacial score (nSPS) is 21.8. The van der Waals surface area contributed by atoms with Gasteiger partial charge >= 0.3 is 12.1 Å². The molecule has 3 heterocycles. The van der Waals surface area contributed by atoms with Crippen LogP contribution in [0.25, 0.3) is 0 Å². The molecule has 0 aliphatic carbocycles. The minimum atomic E-state index is -0.246. The predicted molar refractivity (Wildman–Crippen MR) is 118 cm³/mol. The molecule has 3 saturated heterocycles. The molecule has 1 unspecified atom stereocenters. The van der Waals surface area contributed by atoms with Gasteiger partial charge in [0.15, 0.2) is 0 Å². The number of hydrogen-bond acceptors (Lipinski definition) is 5. The molecule has 1 aromatic carbocycles. The van der Waals surface area contributed by atoms with Gasteiger partial charge in [-0.2, -0.15) is 0 Å². The first-order valence-corrected chi connectivity index (χ1v) is 11.6. The molecule has 0 bridgehead atoms. The van der Waals surface area contributed by atoms with Gasteiger partial charge < -0.3 is 29.5 Å². The lowest BCUT2D eigenvalue weighted by Gasteiger charge is -2.35. The maximum Gasteiger partial charge on any atom is 0.409 e. The van der Waals surface area contributed by atoms with Gasteiger partial charge in [-0.3, -0.25) is 0 Å². The third-order valence-electron chi connectivity index (χ3n) is 6.41. The zero-order valence-corrected chi connectivity index (χ0v) is 18.3. The average molecular weight is 431 g/mol. The molecule has 1 aromatic rings. The molecule has 31 heavy (non-hydrogen) atoms. The zero-order chi connectivity index (χ0) is 21.5. The fourth-order valence-corrected chi connectivity index (χ4v) is 4.53. The van der Waals surface area contributed by atoms with E-state index in [1.165, 1.54) is 5.69 Å². The first-order valence-electron chi connectivity index (χ1n) is 11.6. The third-order valence-corrected chi connectivity index (χ3v) is 6.41. The second-order valence-corrected chi connectivity index (χ2v) is 8.54. The largest absolute Gasteiger partial charge is 0.447 e. The number of carbonyl (C=O) groups is 2. The summed E-state index contributed by atoms with van der Waals surface area (Å²) in [7, 11) is 0. The number of carbonyl (C=O) groups excluding carboxylic acids is 2. The molecule has 4 rings (SSSR count). The Bertz CT molecular complexity index is 730. The SMILES string of the molecule is O=C(OCC1CCCCN1C(=O)NCc1ccc(N2CCOCC2)cc1)N1CCCC1. The number of amides is 3. The third kappa shape index (κ3) is 5.81. The minimum Gasteiger partial charge on any atom is -0.447 e. The van der Waals surface area contributed by atoms with Crippen molar-refractivity contribution >= 4 is 17.8 Å². The van der Waals surface area contributed by atoms with Crippen LogP contribution in [0.1, 0.15) is 37.7 Å². The molecule has 0 saturated carbocycles. The molecule has 3 aliphatic rings. The van der Waals surface area contributed by atoms with Gasteiger partial charge in [0, 0.05) is 45.0 Å². The van der Waals surface area contributed by atoms with E-state index in [0.717, 1.165) is 77.1 Å².